The van der Waals surface area contributed by atoms with E-state index in [-0.39, 0.29) is 11.8 Å². The first-order valence-electron chi connectivity index (χ1n) is 6.17. The molecule has 2 aromatic rings. The van der Waals surface area contributed by atoms with E-state index in [0.717, 1.165) is 15.6 Å². The van der Waals surface area contributed by atoms with Crippen molar-refractivity contribution < 1.29 is 5.11 Å². The van der Waals surface area contributed by atoms with Crippen LogP contribution >= 0.6 is 27.5 Å². The zero-order valence-electron chi connectivity index (χ0n) is 10.8. The van der Waals surface area contributed by atoms with Gasteiger partial charge < -0.3 is 10.4 Å². The molecule has 0 aliphatic heterocycles. The van der Waals surface area contributed by atoms with E-state index in [1.807, 2.05) is 36.4 Å². The molecule has 104 valence electrons. The lowest BCUT2D eigenvalue weighted by Crippen LogP contribution is -2.23. The van der Waals surface area contributed by atoms with Crippen LogP contribution in [0.1, 0.15) is 17.2 Å². The number of phenols is 1. The maximum Gasteiger partial charge on any atom is 0.115 e. The molecule has 2 aromatic carbocycles. The van der Waals surface area contributed by atoms with Gasteiger partial charge in [0.15, 0.2) is 0 Å². The van der Waals surface area contributed by atoms with E-state index in [0.29, 0.717) is 11.6 Å². The molecule has 1 unspecified atom stereocenters. The Kier molecular flexibility index (Phi) is 5.24. The average Bonchev–Trinajstić information content (AvgIpc) is 2.42. The van der Waals surface area contributed by atoms with Gasteiger partial charge in [-0.25, -0.2) is 0 Å². The van der Waals surface area contributed by atoms with Crippen molar-refractivity contribution in [3.8, 4) is 5.75 Å². The molecule has 0 amide bonds. The van der Waals surface area contributed by atoms with E-state index in [1.165, 1.54) is 0 Å². The predicted octanol–water partition coefficient (Wildman–Crippen LogP) is 4.63. The maximum atomic E-state index is 9.40. The molecule has 0 saturated carbocycles. The van der Waals surface area contributed by atoms with Gasteiger partial charge in [0.2, 0.25) is 0 Å². The summed E-state index contributed by atoms with van der Waals surface area (Å²) in [6, 6.07) is 14.9. The lowest BCUT2D eigenvalue weighted by molar-refractivity contribution is 0.474. The lowest BCUT2D eigenvalue weighted by Gasteiger charge is -2.20. The van der Waals surface area contributed by atoms with E-state index in [2.05, 4.69) is 27.8 Å². The minimum absolute atomic E-state index is 0.0159. The quantitative estimate of drug-likeness (QED) is 0.822. The van der Waals surface area contributed by atoms with Crippen molar-refractivity contribution in [2.45, 2.75) is 6.04 Å². The molecular weight excluding hydrogens is 338 g/mol. The molecule has 0 fully saturated rings. The van der Waals surface area contributed by atoms with Crippen molar-refractivity contribution in [2.75, 3.05) is 6.54 Å². The number of rotatable bonds is 5. The number of phenolic OH excluding ortho intramolecular Hbond substituents is 1. The Labute approximate surface area is 132 Å². The zero-order valence-corrected chi connectivity index (χ0v) is 13.2. The Balaban J connectivity index is 2.30. The molecule has 0 saturated heterocycles. The molecule has 0 bridgehead atoms. The number of halogens is 2. The standard InChI is InChI=1S/C16H15BrClNO/c1-11(17)10-19-16(12-2-6-14(18)7-3-12)13-4-8-15(20)9-5-13/h2-9,16,19-20H,1,10H2. The first-order valence-corrected chi connectivity index (χ1v) is 7.34. The van der Waals surface area contributed by atoms with Crippen LogP contribution in [-0.4, -0.2) is 11.7 Å². The topological polar surface area (TPSA) is 32.3 Å². The van der Waals surface area contributed by atoms with Crippen LogP contribution < -0.4 is 5.32 Å². The van der Waals surface area contributed by atoms with Crippen LogP contribution in [0.4, 0.5) is 0 Å². The van der Waals surface area contributed by atoms with E-state index in [4.69, 9.17) is 11.6 Å². The number of nitrogens with one attached hydrogen (secondary N) is 1. The third-order valence-corrected chi connectivity index (χ3v) is 3.46. The first-order chi connectivity index (χ1) is 9.56. The zero-order chi connectivity index (χ0) is 14.5. The monoisotopic (exact) mass is 351 g/mol. The van der Waals surface area contributed by atoms with Crippen LogP contribution in [0.25, 0.3) is 0 Å². The van der Waals surface area contributed by atoms with Crippen LogP contribution in [0.5, 0.6) is 5.75 Å². The number of hydrogen-bond donors (Lipinski definition) is 2. The summed E-state index contributed by atoms with van der Waals surface area (Å²) in [5, 5.41) is 13.5. The van der Waals surface area contributed by atoms with Crippen LogP contribution in [0.2, 0.25) is 5.02 Å². The van der Waals surface area contributed by atoms with Gasteiger partial charge in [-0.1, -0.05) is 58.4 Å². The van der Waals surface area contributed by atoms with Crippen LogP contribution in [0.3, 0.4) is 0 Å². The van der Waals surface area contributed by atoms with Gasteiger partial charge in [-0.2, -0.15) is 0 Å². The van der Waals surface area contributed by atoms with E-state index >= 15 is 0 Å². The Morgan fingerprint density at radius 2 is 1.60 bits per heavy atom. The fraction of sp³-hybridized carbons (Fsp3) is 0.125. The van der Waals surface area contributed by atoms with Gasteiger partial charge >= 0.3 is 0 Å². The lowest BCUT2D eigenvalue weighted by atomic mass is 9.98. The number of benzene rings is 2. The van der Waals surface area contributed by atoms with Crippen molar-refractivity contribution in [2.24, 2.45) is 0 Å². The fourth-order valence-corrected chi connectivity index (χ4v) is 2.25. The van der Waals surface area contributed by atoms with E-state index < -0.39 is 0 Å². The minimum atomic E-state index is 0.0159. The second kappa shape index (κ2) is 6.93. The molecular formula is C16H15BrClNO. The summed E-state index contributed by atoms with van der Waals surface area (Å²) < 4.78 is 0.884. The second-order valence-corrected chi connectivity index (χ2v) is 6.03. The van der Waals surface area contributed by atoms with E-state index in [9.17, 15) is 5.11 Å². The highest BCUT2D eigenvalue weighted by Crippen LogP contribution is 2.25. The molecule has 1 atom stereocenters. The van der Waals surface area contributed by atoms with Gasteiger partial charge in [-0.05, 0) is 35.4 Å². The fourth-order valence-electron chi connectivity index (χ4n) is 1.96. The van der Waals surface area contributed by atoms with Gasteiger partial charge in [-0.3, -0.25) is 0 Å². The average molecular weight is 353 g/mol. The van der Waals surface area contributed by atoms with Crippen LogP contribution in [-0.2, 0) is 0 Å². The van der Waals surface area contributed by atoms with Gasteiger partial charge in [0, 0.05) is 16.0 Å². The van der Waals surface area contributed by atoms with Crippen LogP contribution in [0, 0.1) is 0 Å². The molecule has 20 heavy (non-hydrogen) atoms. The Hall–Kier alpha value is -1.29. The van der Waals surface area contributed by atoms with Gasteiger partial charge in [-0.15, -0.1) is 0 Å². The van der Waals surface area contributed by atoms with Crippen LogP contribution in [0.15, 0.2) is 59.6 Å². The summed E-state index contributed by atoms with van der Waals surface area (Å²) in [7, 11) is 0. The molecule has 4 heteroatoms. The van der Waals surface area contributed by atoms with Crippen molar-refractivity contribution in [1.29, 1.82) is 0 Å². The third kappa shape index (κ3) is 4.10. The van der Waals surface area contributed by atoms with Gasteiger partial charge in [0.1, 0.15) is 5.75 Å². The molecule has 0 radical (unpaired) electrons. The SMILES string of the molecule is C=C(Br)CNC(c1ccc(O)cc1)c1ccc(Cl)cc1. The van der Waals surface area contributed by atoms with Crippen molar-refractivity contribution in [3.63, 3.8) is 0 Å². The summed E-state index contributed by atoms with van der Waals surface area (Å²) in [6.07, 6.45) is 0. The Bertz CT molecular complexity index is 535. The summed E-state index contributed by atoms with van der Waals surface area (Å²) in [6.45, 7) is 4.48. The molecule has 0 aliphatic carbocycles. The van der Waals surface area contributed by atoms with Crippen molar-refractivity contribution in [3.05, 3.63) is 75.7 Å². The molecule has 2 N–H and O–H groups in total. The Morgan fingerprint density at radius 3 is 2.10 bits per heavy atom. The normalized spacial score (nSPS) is 12.1. The Morgan fingerprint density at radius 1 is 1.10 bits per heavy atom. The highest BCUT2D eigenvalue weighted by atomic mass is 79.9. The minimum Gasteiger partial charge on any atom is -0.508 e. The molecule has 2 rings (SSSR count). The third-order valence-electron chi connectivity index (χ3n) is 2.93. The molecule has 0 aromatic heterocycles. The summed E-state index contributed by atoms with van der Waals surface area (Å²) >= 11 is 9.29. The molecule has 0 spiro atoms. The summed E-state index contributed by atoms with van der Waals surface area (Å²) in [5.74, 6) is 0.258. The van der Waals surface area contributed by atoms with Gasteiger partial charge in [0.05, 0.1) is 6.04 Å². The molecule has 0 aliphatic rings. The largest absolute Gasteiger partial charge is 0.508 e. The smallest absolute Gasteiger partial charge is 0.115 e. The second-order valence-electron chi connectivity index (χ2n) is 4.47. The van der Waals surface area contributed by atoms with Crippen molar-refractivity contribution >= 4 is 27.5 Å². The highest BCUT2D eigenvalue weighted by Gasteiger charge is 2.13. The number of aromatic hydroxyl groups is 1. The predicted molar refractivity (Wildman–Crippen MR) is 87.5 cm³/mol. The van der Waals surface area contributed by atoms with E-state index in [1.54, 1.807) is 12.1 Å². The van der Waals surface area contributed by atoms with Gasteiger partial charge in [0.25, 0.3) is 0 Å². The number of hydrogen-bond acceptors (Lipinski definition) is 2. The maximum absolute atomic E-state index is 9.40. The molecule has 2 nitrogen and oxygen atoms in total. The van der Waals surface area contributed by atoms with Crippen molar-refractivity contribution in [1.82, 2.24) is 5.32 Å². The highest BCUT2D eigenvalue weighted by molar-refractivity contribution is 9.11. The molecule has 0 heterocycles. The first kappa shape index (κ1) is 15.1. The summed E-state index contributed by atoms with van der Waals surface area (Å²) in [5.41, 5.74) is 2.17. The summed E-state index contributed by atoms with van der Waals surface area (Å²) in [4.78, 5) is 0.